The Morgan fingerprint density at radius 1 is 1.60 bits per heavy atom. The Kier molecular flexibility index (Phi) is 5.85. The predicted octanol–water partition coefficient (Wildman–Crippen LogP) is 1.21. The highest BCUT2D eigenvalue weighted by Gasteiger charge is 2.27. The highest BCUT2D eigenvalue weighted by Crippen LogP contribution is 2.27. The van der Waals surface area contributed by atoms with Gasteiger partial charge in [0, 0.05) is 23.2 Å². The molecule has 8 heteroatoms. The van der Waals surface area contributed by atoms with Gasteiger partial charge in [-0.2, -0.15) is 0 Å². The van der Waals surface area contributed by atoms with Crippen LogP contribution in [0.25, 0.3) is 10.9 Å². The number of amides is 1. The summed E-state index contributed by atoms with van der Waals surface area (Å²) in [5.74, 6) is 1.11. The number of carbonyl (C=O) groups excluding carboxylic acids is 1. The minimum absolute atomic E-state index is 0.110. The summed E-state index contributed by atoms with van der Waals surface area (Å²) in [7, 11) is 0. The zero-order valence-electron chi connectivity index (χ0n) is 13.7. The van der Waals surface area contributed by atoms with Crippen molar-refractivity contribution >= 4 is 28.6 Å². The number of nitrogens with two attached hydrogens (primary N) is 1. The molecule has 0 radical (unpaired) electrons. The van der Waals surface area contributed by atoms with Crippen LogP contribution in [0.2, 0.25) is 0 Å². The summed E-state index contributed by atoms with van der Waals surface area (Å²) >= 11 is 1.06. The minimum atomic E-state index is -1.30. The highest BCUT2D eigenvalue weighted by molar-refractivity contribution is 7.99. The Bertz CT molecular complexity index is 836. The van der Waals surface area contributed by atoms with Gasteiger partial charge in [0.05, 0.1) is 12.1 Å². The van der Waals surface area contributed by atoms with Crippen LogP contribution in [-0.2, 0) is 4.79 Å². The van der Waals surface area contributed by atoms with Crippen LogP contribution in [0.15, 0.2) is 24.4 Å². The molecule has 0 saturated heterocycles. The molecule has 2 aromatic rings. The Labute approximate surface area is 148 Å². The molecule has 4 N–H and O–H groups in total. The molecule has 2 atom stereocenters. The number of rotatable bonds is 6. The molecule has 2 unspecified atom stereocenters. The number of ether oxygens (including phenoxy) is 1. The normalized spacial score (nSPS) is 14.4. The number of thioether (sulfide) groups is 1. The number of hydrogen-bond acceptors (Lipinski definition) is 6. The molecule has 1 aromatic heterocycles. The van der Waals surface area contributed by atoms with Gasteiger partial charge in [-0.1, -0.05) is 5.92 Å². The lowest BCUT2D eigenvalue weighted by Gasteiger charge is -2.26. The number of terminal acetylenes is 1. The van der Waals surface area contributed by atoms with Gasteiger partial charge in [-0.3, -0.25) is 9.78 Å². The van der Waals surface area contributed by atoms with Crippen molar-refractivity contribution in [1.82, 2.24) is 10.3 Å². The van der Waals surface area contributed by atoms with Crippen molar-refractivity contribution in [1.29, 1.82) is 0 Å². The van der Waals surface area contributed by atoms with E-state index in [2.05, 4.69) is 16.2 Å². The third-order valence-corrected chi connectivity index (χ3v) is 4.04. The van der Waals surface area contributed by atoms with Crippen molar-refractivity contribution < 1.29 is 19.0 Å². The molecule has 1 amide bonds. The lowest BCUT2D eigenvalue weighted by Crippen LogP contribution is -2.58. The van der Waals surface area contributed by atoms with E-state index in [0.717, 1.165) is 11.8 Å². The zero-order chi connectivity index (χ0) is 18.6. The molecule has 6 nitrogen and oxygen atoms in total. The van der Waals surface area contributed by atoms with Crippen molar-refractivity contribution in [3.05, 3.63) is 35.8 Å². The maximum absolute atomic E-state index is 14.3. The highest BCUT2D eigenvalue weighted by atomic mass is 32.2. The maximum Gasteiger partial charge on any atom is 0.273 e. The second-order valence-corrected chi connectivity index (χ2v) is 6.49. The van der Waals surface area contributed by atoms with Gasteiger partial charge in [0.2, 0.25) is 5.44 Å². The molecule has 25 heavy (non-hydrogen) atoms. The maximum atomic E-state index is 14.3. The number of carbonyl (C=O) groups is 1. The largest absolute Gasteiger partial charge is 0.467 e. The van der Waals surface area contributed by atoms with Gasteiger partial charge in [0.25, 0.3) is 5.91 Å². The lowest BCUT2D eigenvalue weighted by atomic mass is 10.1. The average molecular weight is 363 g/mol. The third kappa shape index (κ3) is 4.60. The van der Waals surface area contributed by atoms with Gasteiger partial charge in [-0.25, -0.2) is 4.39 Å². The number of benzene rings is 1. The van der Waals surface area contributed by atoms with Crippen molar-refractivity contribution in [3.63, 3.8) is 0 Å². The van der Waals surface area contributed by atoms with Crippen molar-refractivity contribution in [2.75, 3.05) is 12.9 Å². The van der Waals surface area contributed by atoms with Crippen LogP contribution in [0, 0.1) is 18.2 Å². The fourth-order valence-corrected chi connectivity index (χ4v) is 2.48. The van der Waals surface area contributed by atoms with Gasteiger partial charge in [0.15, 0.2) is 11.6 Å². The van der Waals surface area contributed by atoms with E-state index in [4.69, 9.17) is 22.0 Å². The monoisotopic (exact) mass is 363 g/mol. The van der Waals surface area contributed by atoms with Crippen LogP contribution in [0.1, 0.15) is 12.5 Å². The Hall–Kier alpha value is -2.34. The number of aliphatic hydroxyl groups excluding tert-OH is 1. The van der Waals surface area contributed by atoms with Gasteiger partial charge >= 0.3 is 0 Å². The minimum Gasteiger partial charge on any atom is -0.467 e. The number of nitrogens with zero attached hydrogens (tertiary/aromatic N) is 1. The molecule has 1 heterocycles. The average Bonchev–Trinajstić information content (AvgIpc) is 2.58. The molecule has 2 rings (SSSR count). The summed E-state index contributed by atoms with van der Waals surface area (Å²) < 4.78 is 19.7. The summed E-state index contributed by atoms with van der Waals surface area (Å²) in [6.45, 7) is 0.997. The molecule has 0 aliphatic carbocycles. The van der Waals surface area contributed by atoms with Crippen molar-refractivity contribution in [2.24, 2.45) is 5.73 Å². The molecule has 0 aliphatic heterocycles. The number of pyridine rings is 1. The number of aromatic nitrogens is 1. The number of aliphatic hydroxyl groups is 1. The molecule has 1 aromatic carbocycles. The molecule has 0 bridgehead atoms. The fraction of sp³-hybridized carbons (Fsp3) is 0.294. The molecular formula is C17H18FN3O3S. The van der Waals surface area contributed by atoms with E-state index < -0.39 is 29.4 Å². The second kappa shape index (κ2) is 7.70. The number of hydrogen-bond donors (Lipinski definition) is 3. The zero-order valence-corrected chi connectivity index (χ0v) is 14.6. The van der Waals surface area contributed by atoms with Crippen molar-refractivity contribution in [3.8, 4) is 18.1 Å². The van der Waals surface area contributed by atoms with Gasteiger partial charge in [-0.15, -0.1) is 18.2 Å². The van der Waals surface area contributed by atoms with Gasteiger partial charge in [-0.05, 0) is 25.3 Å². The standard InChI is InChI=1S/C17H18FN3O3S/c1-4-10-5-11-6-14(12(18)7-13(11)20-8-10)24-16(25-3)15(23)21-17(2,19)9-22/h1,5-8,16,22H,9,19H2,2-3H3,(H,21,23). The predicted molar refractivity (Wildman–Crippen MR) is 95.4 cm³/mol. The van der Waals surface area contributed by atoms with E-state index in [1.54, 1.807) is 12.3 Å². The van der Waals surface area contributed by atoms with Gasteiger partial charge < -0.3 is 20.9 Å². The Morgan fingerprint density at radius 3 is 2.92 bits per heavy atom. The Morgan fingerprint density at radius 2 is 2.32 bits per heavy atom. The first-order chi connectivity index (χ1) is 11.8. The molecule has 0 aliphatic rings. The van der Waals surface area contributed by atoms with E-state index >= 15 is 0 Å². The number of halogens is 1. The smallest absolute Gasteiger partial charge is 0.273 e. The van der Waals surface area contributed by atoms with E-state index in [-0.39, 0.29) is 5.75 Å². The van der Waals surface area contributed by atoms with Crippen LogP contribution < -0.4 is 15.8 Å². The lowest BCUT2D eigenvalue weighted by molar-refractivity contribution is -0.126. The summed E-state index contributed by atoms with van der Waals surface area (Å²) in [6, 6.07) is 4.31. The number of fused-ring (bicyclic) bond motifs is 1. The fourth-order valence-electron chi connectivity index (χ4n) is 2.00. The first kappa shape index (κ1) is 19.0. The molecular weight excluding hydrogens is 345 g/mol. The van der Waals surface area contributed by atoms with Crippen LogP contribution in [0.5, 0.6) is 5.75 Å². The van der Waals surface area contributed by atoms with Crippen LogP contribution in [-0.4, -0.2) is 40.0 Å². The van der Waals surface area contributed by atoms with Gasteiger partial charge in [0.1, 0.15) is 5.66 Å². The van der Waals surface area contributed by atoms with Crippen LogP contribution >= 0.6 is 11.8 Å². The topological polar surface area (TPSA) is 97.5 Å². The number of nitrogens with one attached hydrogen (secondary N) is 1. The second-order valence-electron chi connectivity index (χ2n) is 5.59. The summed E-state index contributed by atoms with van der Waals surface area (Å²) in [6.07, 6.45) is 8.44. The summed E-state index contributed by atoms with van der Waals surface area (Å²) in [5, 5.41) is 12.2. The first-order valence-electron chi connectivity index (χ1n) is 7.27. The Balaban J connectivity index is 2.29. The SMILES string of the molecule is C#Cc1cnc2cc(F)c(OC(SC)C(=O)NC(C)(N)CO)cc2c1. The molecule has 132 valence electrons. The van der Waals surface area contributed by atoms with Crippen LogP contribution in [0.4, 0.5) is 4.39 Å². The van der Waals surface area contributed by atoms with E-state index in [0.29, 0.717) is 16.5 Å². The van der Waals surface area contributed by atoms with Crippen molar-refractivity contribution in [2.45, 2.75) is 18.0 Å². The molecule has 0 fully saturated rings. The van der Waals surface area contributed by atoms with Crippen LogP contribution in [0.3, 0.4) is 0 Å². The van der Waals surface area contributed by atoms with E-state index in [1.807, 2.05) is 0 Å². The summed E-state index contributed by atoms with van der Waals surface area (Å²) in [5.41, 5.74) is 4.30. The quantitative estimate of drug-likeness (QED) is 0.527. The van der Waals surface area contributed by atoms with E-state index in [1.165, 1.54) is 25.3 Å². The molecule has 0 saturated carbocycles. The first-order valence-corrected chi connectivity index (χ1v) is 8.55. The third-order valence-electron chi connectivity index (χ3n) is 3.30. The molecule has 0 spiro atoms. The van der Waals surface area contributed by atoms with E-state index in [9.17, 15) is 9.18 Å². The summed E-state index contributed by atoms with van der Waals surface area (Å²) in [4.78, 5) is 16.3.